The number of nitrogens with one attached hydrogen (secondary N) is 1. The molecule has 5 nitrogen and oxygen atoms in total. The molecule has 1 fully saturated rings. The predicted octanol–water partition coefficient (Wildman–Crippen LogP) is 1.10. The molecule has 0 atom stereocenters. The number of rotatable bonds is 4. The molecule has 1 aliphatic rings. The Balaban J connectivity index is 1.74. The van der Waals surface area contributed by atoms with Gasteiger partial charge in [0.25, 0.3) is 0 Å². The van der Waals surface area contributed by atoms with Crippen molar-refractivity contribution in [2.45, 2.75) is 6.42 Å². The van der Waals surface area contributed by atoms with Gasteiger partial charge in [-0.25, -0.2) is 10.0 Å². The number of imide groups is 1. The van der Waals surface area contributed by atoms with Crippen LogP contribution >= 0.6 is 0 Å². The topological polar surface area (TPSA) is 52.7 Å². The lowest BCUT2D eigenvalue weighted by molar-refractivity contribution is -0.139. The van der Waals surface area contributed by atoms with Crippen LogP contribution in [0.15, 0.2) is 42.5 Å². The maximum absolute atomic E-state index is 12.4. The highest BCUT2D eigenvalue weighted by molar-refractivity contribution is 5.89. The fourth-order valence-corrected chi connectivity index (χ4v) is 2.72. The molecule has 0 unspecified atom stereocenters. The van der Waals surface area contributed by atoms with Gasteiger partial charge >= 0.3 is 6.41 Å². The molecule has 22 heavy (non-hydrogen) atoms. The molecule has 1 saturated heterocycles. The third-order valence-electron chi connectivity index (χ3n) is 3.87. The molecule has 5 heteroatoms. The largest absolute Gasteiger partial charge is 0.335 e. The van der Waals surface area contributed by atoms with Crippen LogP contribution in [-0.2, 0) is 16.0 Å². The Morgan fingerprint density at radius 2 is 1.86 bits per heavy atom. The lowest BCUT2D eigenvalue weighted by Gasteiger charge is -2.32. The number of hydrogen-bond acceptors (Lipinski definition) is 4. The first-order chi connectivity index (χ1) is 10.8. The minimum atomic E-state index is -0.243. The smallest absolute Gasteiger partial charge is 0.314 e. The van der Waals surface area contributed by atoms with E-state index < -0.39 is 0 Å². The summed E-state index contributed by atoms with van der Waals surface area (Å²) in [7, 11) is 0. The number of carbonyl (C=O) groups is 1. The van der Waals surface area contributed by atoms with Crippen LogP contribution < -0.4 is 5.32 Å². The minimum absolute atomic E-state index is 0.198. The first kappa shape index (κ1) is 14.7. The van der Waals surface area contributed by atoms with Crippen LogP contribution in [0.3, 0.4) is 0 Å². The zero-order valence-corrected chi connectivity index (χ0v) is 12.3. The van der Waals surface area contributed by atoms with Crippen molar-refractivity contribution in [2.24, 2.45) is 0 Å². The Bertz CT molecular complexity index is 680. The van der Waals surface area contributed by atoms with Crippen LogP contribution in [0.4, 0.5) is 0 Å². The molecule has 2 amide bonds. The quantitative estimate of drug-likeness (QED) is 0.859. The van der Waals surface area contributed by atoms with Gasteiger partial charge in [-0.2, -0.15) is 0 Å². The average molecular weight is 296 g/mol. The van der Waals surface area contributed by atoms with E-state index in [0.717, 1.165) is 34.4 Å². The van der Waals surface area contributed by atoms with E-state index >= 15 is 0 Å². The molecule has 0 aromatic heterocycles. The van der Waals surface area contributed by atoms with Gasteiger partial charge in [0.05, 0.1) is 6.42 Å². The van der Waals surface area contributed by atoms with Crippen LogP contribution in [0.5, 0.6) is 0 Å². The Morgan fingerprint density at radius 3 is 2.59 bits per heavy atom. The summed E-state index contributed by atoms with van der Waals surface area (Å²) in [4.78, 5) is 23.5. The summed E-state index contributed by atoms with van der Waals surface area (Å²) in [5.74, 6) is -0.243. The number of carbonyl (C=O) groups excluding carboxylic acids is 2. The molecule has 0 spiro atoms. The van der Waals surface area contributed by atoms with E-state index in [1.165, 1.54) is 0 Å². The highest BCUT2D eigenvalue weighted by Crippen LogP contribution is 2.16. The summed E-state index contributed by atoms with van der Waals surface area (Å²) in [6, 6.07) is 13.9. The fourth-order valence-electron chi connectivity index (χ4n) is 2.72. The predicted molar refractivity (Wildman–Crippen MR) is 84.6 cm³/mol. The molecule has 1 radical (unpaired) electrons. The Labute approximate surface area is 129 Å². The van der Waals surface area contributed by atoms with Crippen LogP contribution in [0.1, 0.15) is 5.56 Å². The van der Waals surface area contributed by atoms with Gasteiger partial charge < -0.3 is 5.32 Å². The van der Waals surface area contributed by atoms with Gasteiger partial charge in [0.15, 0.2) is 0 Å². The van der Waals surface area contributed by atoms with Crippen LogP contribution in [0.25, 0.3) is 10.8 Å². The minimum Gasteiger partial charge on any atom is -0.314 e. The molecule has 1 N–H and O–H groups in total. The summed E-state index contributed by atoms with van der Waals surface area (Å²) in [6.07, 6.45) is 1.96. The third-order valence-corrected chi connectivity index (χ3v) is 3.87. The lowest BCUT2D eigenvalue weighted by Crippen LogP contribution is -2.54. The maximum Gasteiger partial charge on any atom is 0.335 e. The standard InChI is InChI=1S/C17H18N3O2/c21-13-20(19-9-7-18-8-10-19)17(22)12-14-5-6-15-3-1-2-4-16(15)11-14/h1-6,11,18H,7-10,12H2. The molecule has 113 valence electrons. The molecule has 0 bridgehead atoms. The van der Waals surface area contributed by atoms with Gasteiger partial charge in [-0.1, -0.05) is 42.5 Å². The zero-order valence-electron chi connectivity index (χ0n) is 12.3. The summed E-state index contributed by atoms with van der Waals surface area (Å²) in [5, 5.41) is 8.26. The van der Waals surface area contributed by atoms with Crippen molar-refractivity contribution in [1.82, 2.24) is 15.3 Å². The van der Waals surface area contributed by atoms with E-state index in [1.807, 2.05) is 42.5 Å². The van der Waals surface area contributed by atoms with Crippen molar-refractivity contribution >= 4 is 23.1 Å². The van der Waals surface area contributed by atoms with Crippen LogP contribution in [-0.4, -0.2) is 48.5 Å². The summed E-state index contributed by atoms with van der Waals surface area (Å²) >= 11 is 0. The second-order valence-electron chi connectivity index (χ2n) is 5.36. The number of piperazine rings is 1. The number of nitrogens with zero attached hydrogens (tertiary/aromatic N) is 2. The fraction of sp³-hybridized carbons (Fsp3) is 0.294. The van der Waals surface area contributed by atoms with Gasteiger partial charge in [0, 0.05) is 26.2 Å². The van der Waals surface area contributed by atoms with Gasteiger partial charge in [0.2, 0.25) is 5.91 Å². The third kappa shape index (κ3) is 3.16. The van der Waals surface area contributed by atoms with Gasteiger partial charge in [0.1, 0.15) is 0 Å². The normalized spacial score (nSPS) is 15.6. The van der Waals surface area contributed by atoms with Gasteiger partial charge in [-0.05, 0) is 16.3 Å². The first-order valence-electron chi connectivity index (χ1n) is 7.42. The number of fused-ring (bicyclic) bond motifs is 1. The molecular formula is C17H18N3O2. The van der Waals surface area contributed by atoms with Crippen LogP contribution in [0.2, 0.25) is 0 Å². The SMILES string of the molecule is O=[C]N(C(=O)Cc1ccc2ccccc2c1)N1CCNCC1. The molecule has 0 saturated carbocycles. The molecular weight excluding hydrogens is 278 g/mol. The molecule has 2 aromatic carbocycles. The van der Waals surface area contributed by atoms with Crippen molar-refractivity contribution in [3.05, 3.63) is 48.0 Å². The summed E-state index contributed by atoms with van der Waals surface area (Å²) in [6.45, 7) is 2.81. The van der Waals surface area contributed by atoms with Crippen LogP contribution in [0, 0.1) is 0 Å². The van der Waals surface area contributed by atoms with E-state index in [1.54, 1.807) is 11.4 Å². The van der Waals surface area contributed by atoms with E-state index in [9.17, 15) is 9.59 Å². The highest BCUT2D eigenvalue weighted by Gasteiger charge is 2.23. The van der Waals surface area contributed by atoms with Crippen molar-refractivity contribution in [2.75, 3.05) is 26.2 Å². The second kappa shape index (κ2) is 6.68. The maximum atomic E-state index is 12.4. The Kier molecular flexibility index (Phi) is 4.46. The summed E-state index contributed by atoms with van der Waals surface area (Å²) < 4.78 is 0. The zero-order chi connectivity index (χ0) is 15.4. The lowest BCUT2D eigenvalue weighted by atomic mass is 10.0. The molecule has 1 aliphatic heterocycles. The highest BCUT2D eigenvalue weighted by atomic mass is 16.2. The van der Waals surface area contributed by atoms with Crippen molar-refractivity contribution < 1.29 is 9.59 Å². The number of amides is 2. The van der Waals surface area contributed by atoms with E-state index in [2.05, 4.69) is 5.32 Å². The summed E-state index contributed by atoms with van der Waals surface area (Å²) in [5.41, 5.74) is 0.902. The van der Waals surface area contributed by atoms with Gasteiger partial charge in [-0.15, -0.1) is 0 Å². The van der Waals surface area contributed by atoms with Gasteiger partial charge in [-0.3, -0.25) is 9.59 Å². The Hall–Kier alpha value is -2.24. The monoisotopic (exact) mass is 296 g/mol. The van der Waals surface area contributed by atoms with Crippen molar-refractivity contribution in [3.63, 3.8) is 0 Å². The van der Waals surface area contributed by atoms with Crippen molar-refractivity contribution in [3.8, 4) is 0 Å². The number of hydrogen-bond donors (Lipinski definition) is 1. The second-order valence-corrected chi connectivity index (χ2v) is 5.36. The Morgan fingerprint density at radius 1 is 1.14 bits per heavy atom. The molecule has 3 rings (SSSR count). The average Bonchev–Trinajstić information content (AvgIpc) is 2.56. The number of hydrazine groups is 1. The first-order valence-corrected chi connectivity index (χ1v) is 7.42. The van der Waals surface area contributed by atoms with E-state index in [0.29, 0.717) is 13.1 Å². The molecule has 2 aromatic rings. The molecule has 1 heterocycles. The van der Waals surface area contributed by atoms with E-state index in [4.69, 9.17) is 0 Å². The number of benzene rings is 2. The van der Waals surface area contributed by atoms with E-state index in [-0.39, 0.29) is 12.3 Å². The molecule has 0 aliphatic carbocycles. The van der Waals surface area contributed by atoms with Crippen molar-refractivity contribution in [1.29, 1.82) is 0 Å².